The van der Waals surface area contributed by atoms with Gasteiger partial charge in [0.2, 0.25) is 5.91 Å². The summed E-state index contributed by atoms with van der Waals surface area (Å²) >= 11 is 0. The molecule has 1 rings (SSSR count). The van der Waals surface area contributed by atoms with Gasteiger partial charge < -0.3 is 5.73 Å². The van der Waals surface area contributed by atoms with Crippen LogP contribution in [0.1, 0.15) is 26.2 Å². The highest BCUT2D eigenvalue weighted by molar-refractivity contribution is 5.79. The molecule has 3 nitrogen and oxygen atoms in total. The van der Waals surface area contributed by atoms with Gasteiger partial charge in [-0.2, -0.15) is 0 Å². The molecule has 1 unspecified atom stereocenters. The second kappa shape index (κ2) is 3.22. The number of nitrogens with zero attached hydrogens (tertiary/aromatic N) is 1. The summed E-state index contributed by atoms with van der Waals surface area (Å²) in [6, 6.07) is 0.565. The molecule has 1 aliphatic carbocycles. The minimum atomic E-state index is -0.193. The van der Waals surface area contributed by atoms with Crippen molar-refractivity contribution in [2.45, 2.75) is 38.3 Å². The Morgan fingerprint density at radius 1 is 1.73 bits per heavy atom. The number of primary amides is 1. The Balaban J connectivity index is 2.45. The molecule has 11 heavy (non-hydrogen) atoms. The molecule has 2 N–H and O–H groups in total. The van der Waals surface area contributed by atoms with E-state index in [0.717, 1.165) is 6.42 Å². The van der Waals surface area contributed by atoms with Crippen LogP contribution in [0.3, 0.4) is 0 Å². The number of carbonyl (C=O) groups excluding carboxylic acids is 1. The van der Waals surface area contributed by atoms with Crippen LogP contribution < -0.4 is 5.73 Å². The van der Waals surface area contributed by atoms with Crippen LogP contribution in [0.15, 0.2) is 0 Å². The SMILES string of the molecule is CCC(C(N)=O)N(C)C1CC1. The van der Waals surface area contributed by atoms with E-state index in [1.54, 1.807) is 0 Å². The first-order chi connectivity index (χ1) is 5.16. The van der Waals surface area contributed by atoms with Crippen molar-refractivity contribution in [3.63, 3.8) is 0 Å². The Morgan fingerprint density at radius 2 is 2.27 bits per heavy atom. The Labute approximate surface area is 67.5 Å². The van der Waals surface area contributed by atoms with Crippen LogP contribution in [0.4, 0.5) is 0 Å². The maximum absolute atomic E-state index is 10.9. The molecule has 0 heterocycles. The summed E-state index contributed by atoms with van der Waals surface area (Å²) in [7, 11) is 1.98. The van der Waals surface area contributed by atoms with Crippen LogP contribution in [0.5, 0.6) is 0 Å². The molecule has 0 bridgehead atoms. The fourth-order valence-electron chi connectivity index (χ4n) is 1.43. The Morgan fingerprint density at radius 3 is 2.55 bits per heavy atom. The lowest BCUT2D eigenvalue weighted by atomic mass is 10.2. The molecule has 0 radical (unpaired) electrons. The van der Waals surface area contributed by atoms with Gasteiger partial charge in [-0.1, -0.05) is 6.92 Å². The van der Waals surface area contributed by atoms with Crippen LogP contribution >= 0.6 is 0 Å². The molecule has 0 saturated heterocycles. The lowest BCUT2D eigenvalue weighted by Crippen LogP contribution is -2.43. The third kappa shape index (κ3) is 1.93. The molecule has 0 aliphatic heterocycles. The highest BCUT2D eigenvalue weighted by Gasteiger charge is 2.32. The molecule has 0 aromatic heterocycles. The number of amides is 1. The van der Waals surface area contributed by atoms with Crippen molar-refractivity contribution in [2.24, 2.45) is 5.73 Å². The summed E-state index contributed by atoms with van der Waals surface area (Å²) in [5.41, 5.74) is 5.23. The average molecular weight is 156 g/mol. The van der Waals surface area contributed by atoms with E-state index in [0.29, 0.717) is 6.04 Å². The van der Waals surface area contributed by atoms with Crippen LogP contribution in [0, 0.1) is 0 Å². The summed E-state index contributed by atoms with van der Waals surface area (Å²) in [4.78, 5) is 13.0. The lowest BCUT2D eigenvalue weighted by Gasteiger charge is -2.23. The first-order valence-electron chi connectivity index (χ1n) is 4.18. The van der Waals surface area contributed by atoms with Gasteiger partial charge in [0.25, 0.3) is 0 Å². The number of likely N-dealkylation sites (N-methyl/N-ethyl adjacent to an activating group) is 1. The van der Waals surface area contributed by atoms with Gasteiger partial charge in [-0.3, -0.25) is 9.69 Å². The van der Waals surface area contributed by atoms with Crippen molar-refractivity contribution >= 4 is 5.91 Å². The van der Waals surface area contributed by atoms with Crippen molar-refractivity contribution in [1.82, 2.24) is 4.90 Å². The van der Waals surface area contributed by atoms with E-state index >= 15 is 0 Å². The fourth-order valence-corrected chi connectivity index (χ4v) is 1.43. The summed E-state index contributed by atoms with van der Waals surface area (Å²) in [5, 5.41) is 0. The van der Waals surface area contributed by atoms with E-state index in [1.165, 1.54) is 12.8 Å². The van der Waals surface area contributed by atoms with E-state index in [-0.39, 0.29) is 11.9 Å². The molecule has 0 aromatic carbocycles. The average Bonchev–Trinajstić information content (AvgIpc) is 2.68. The minimum Gasteiger partial charge on any atom is -0.368 e. The topological polar surface area (TPSA) is 46.3 Å². The highest BCUT2D eigenvalue weighted by Crippen LogP contribution is 2.27. The van der Waals surface area contributed by atoms with E-state index in [1.807, 2.05) is 14.0 Å². The van der Waals surface area contributed by atoms with Gasteiger partial charge >= 0.3 is 0 Å². The predicted molar refractivity (Wildman–Crippen MR) is 44.1 cm³/mol. The van der Waals surface area contributed by atoms with E-state index in [4.69, 9.17) is 5.73 Å². The molecule has 1 saturated carbocycles. The number of hydrogen-bond donors (Lipinski definition) is 1. The smallest absolute Gasteiger partial charge is 0.234 e. The van der Waals surface area contributed by atoms with Crippen molar-refractivity contribution < 1.29 is 4.79 Å². The first kappa shape index (κ1) is 8.53. The largest absolute Gasteiger partial charge is 0.368 e. The molecular weight excluding hydrogens is 140 g/mol. The highest BCUT2D eigenvalue weighted by atomic mass is 16.1. The standard InChI is InChI=1S/C8H16N2O/c1-3-7(8(9)11)10(2)6-4-5-6/h6-7H,3-5H2,1-2H3,(H2,9,11). The van der Waals surface area contributed by atoms with E-state index < -0.39 is 0 Å². The van der Waals surface area contributed by atoms with Crippen LogP contribution in [0.25, 0.3) is 0 Å². The van der Waals surface area contributed by atoms with Gasteiger partial charge in [0.1, 0.15) is 0 Å². The maximum atomic E-state index is 10.9. The van der Waals surface area contributed by atoms with Crippen LogP contribution in [-0.4, -0.2) is 29.9 Å². The Kier molecular flexibility index (Phi) is 2.49. The number of hydrogen-bond acceptors (Lipinski definition) is 2. The second-order valence-electron chi connectivity index (χ2n) is 3.22. The molecule has 1 aliphatic rings. The molecule has 1 amide bonds. The molecule has 0 spiro atoms. The van der Waals surface area contributed by atoms with Gasteiger partial charge in [0, 0.05) is 6.04 Å². The zero-order valence-corrected chi connectivity index (χ0v) is 7.21. The van der Waals surface area contributed by atoms with Crippen molar-refractivity contribution in [2.75, 3.05) is 7.05 Å². The monoisotopic (exact) mass is 156 g/mol. The normalized spacial score (nSPS) is 20.3. The summed E-state index contributed by atoms with van der Waals surface area (Å²) in [6.45, 7) is 1.99. The number of rotatable bonds is 4. The number of carbonyl (C=O) groups is 1. The summed E-state index contributed by atoms with van der Waals surface area (Å²) < 4.78 is 0. The fraction of sp³-hybridized carbons (Fsp3) is 0.875. The molecular formula is C8H16N2O. The minimum absolute atomic E-state index is 0.0532. The Bertz CT molecular complexity index is 154. The van der Waals surface area contributed by atoms with Gasteiger partial charge in [-0.15, -0.1) is 0 Å². The van der Waals surface area contributed by atoms with Crippen molar-refractivity contribution in [3.05, 3.63) is 0 Å². The molecule has 3 heteroatoms. The predicted octanol–water partition coefficient (Wildman–Crippen LogP) is 0.344. The quantitative estimate of drug-likeness (QED) is 0.638. The third-order valence-corrected chi connectivity index (χ3v) is 2.33. The molecule has 1 atom stereocenters. The zero-order chi connectivity index (χ0) is 8.43. The van der Waals surface area contributed by atoms with E-state index in [9.17, 15) is 4.79 Å². The van der Waals surface area contributed by atoms with Gasteiger partial charge in [-0.25, -0.2) is 0 Å². The van der Waals surface area contributed by atoms with Crippen molar-refractivity contribution in [3.8, 4) is 0 Å². The van der Waals surface area contributed by atoms with E-state index in [2.05, 4.69) is 4.90 Å². The third-order valence-electron chi connectivity index (χ3n) is 2.33. The summed E-state index contributed by atoms with van der Waals surface area (Å²) in [5.74, 6) is -0.193. The maximum Gasteiger partial charge on any atom is 0.234 e. The number of nitrogens with two attached hydrogens (primary N) is 1. The molecule has 64 valence electrons. The zero-order valence-electron chi connectivity index (χ0n) is 7.21. The molecule has 0 aromatic rings. The van der Waals surface area contributed by atoms with Crippen LogP contribution in [-0.2, 0) is 4.79 Å². The van der Waals surface area contributed by atoms with Gasteiger partial charge in [0.15, 0.2) is 0 Å². The Hall–Kier alpha value is -0.570. The van der Waals surface area contributed by atoms with Gasteiger partial charge in [-0.05, 0) is 26.3 Å². The van der Waals surface area contributed by atoms with Gasteiger partial charge in [0.05, 0.1) is 6.04 Å². The van der Waals surface area contributed by atoms with Crippen molar-refractivity contribution in [1.29, 1.82) is 0 Å². The second-order valence-corrected chi connectivity index (χ2v) is 3.22. The molecule has 1 fully saturated rings. The lowest BCUT2D eigenvalue weighted by molar-refractivity contribution is -0.123. The van der Waals surface area contributed by atoms with Crippen LogP contribution in [0.2, 0.25) is 0 Å². The summed E-state index contributed by atoms with van der Waals surface area (Å²) in [6.07, 6.45) is 3.27. The first-order valence-corrected chi connectivity index (χ1v) is 4.18.